The number of fused-ring (bicyclic) bond motifs is 7. The van der Waals surface area contributed by atoms with Gasteiger partial charge in [0.05, 0.1) is 26.5 Å². The topological polar surface area (TPSA) is 6.48 Å². The molecule has 50 heavy (non-hydrogen) atoms. The molecule has 4 heteroatoms. The molecule has 0 aliphatic rings. The highest BCUT2D eigenvalue weighted by Crippen LogP contribution is 2.54. The van der Waals surface area contributed by atoms with Gasteiger partial charge in [-0.15, -0.1) is 22.7 Å². The number of hydrogen-bond donors (Lipinski definition) is 0. The van der Waals surface area contributed by atoms with Crippen molar-refractivity contribution in [2.75, 3.05) is 9.80 Å². The van der Waals surface area contributed by atoms with E-state index in [2.05, 4.69) is 192 Å². The first kappa shape index (κ1) is 29.0. The Kier molecular flexibility index (Phi) is 6.90. The Bertz CT molecular complexity index is 2780. The fraction of sp³-hybridized carbons (Fsp3) is 0. The van der Waals surface area contributed by atoms with Crippen LogP contribution in [0.3, 0.4) is 0 Å². The van der Waals surface area contributed by atoms with Crippen molar-refractivity contribution < 1.29 is 0 Å². The molecule has 0 atom stereocenters. The van der Waals surface area contributed by atoms with Gasteiger partial charge in [-0.05, 0) is 77.5 Å². The molecular weight excluding hydrogens is 645 g/mol. The molecule has 2 aromatic heterocycles. The van der Waals surface area contributed by atoms with E-state index in [1.54, 1.807) is 0 Å². The van der Waals surface area contributed by atoms with E-state index in [1.165, 1.54) is 56.8 Å². The molecule has 2 nitrogen and oxygen atoms in total. The summed E-state index contributed by atoms with van der Waals surface area (Å²) in [6.07, 6.45) is 0. The molecule has 236 valence electrons. The maximum atomic E-state index is 2.52. The minimum absolute atomic E-state index is 1.11. The van der Waals surface area contributed by atoms with Gasteiger partial charge in [-0.2, -0.15) is 0 Å². The highest BCUT2D eigenvalue weighted by Gasteiger charge is 2.27. The molecule has 0 spiro atoms. The molecule has 10 aromatic rings. The van der Waals surface area contributed by atoms with Crippen molar-refractivity contribution in [2.45, 2.75) is 0 Å². The number of thiophene rings is 2. The van der Waals surface area contributed by atoms with Gasteiger partial charge in [0, 0.05) is 48.0 Å². The largest absolute Gasteiger partial charge is 0.308 e. The second-order valence-corrected chi connectivity index (χ2v) is 14.6. The van der Waals surface area contributed by atoms with Crippen LogP contribution in [0.4, 0.5) is 34.1 Å². The number of rotatable bonds is 6. The van der Waals surface area contributed by atoms with E-state index < -0.39 is 0 Å². The molecule has 2 heterocycles. The van der Waals surface area contributed by atoms with Crippen LogP contribution in [0.25, 0.3) is 51.1 Å². The summed E-state index contributed by atoms with van der Waals surface area (Å²) >= 11 is 3.76. The predicted molar refractivity (Wildman–Crippen MR) is 219 cm³/mol. The molecule has 0 amide bonds. The molecule has 0 saturated carbocycles. The fourth-order valence-corrected chi connectivity index (χ4v) is 9.82. The number of benzene rings is 8. The molecule has 0 radical (unpaired) electrons. The maximum Gasteiger partial charge on any atom is 0.0883 e. The van der Waals surface area contributed by atoms with Gasteiger partial charge >= 0.3 is 0 Å². The van der Waals surface area contributed by atoms with Gasteiger partial charge in [0.2, 0.25) is 0 Å². The number of anilines is 6. The third-order valence-electron chi connectivity index (χ3n) is 9.59. The van der Waals surface area contributed by atoms with Crippen LogP contribution >= 0.6 is 22.7 Å². The zero-order valence-corrected chi connectivity index (χ0v) is 28.7. The Hall–Kier alpha value is -5.94. The molecule has 0 fully saturated rings. The molecule has 0 saturated heterocycles. The average molecular weight is 675 g/mol. The standard InChI is InChI=1S/C46H30N2S2/c1-4-17-33(18-5-1)47(34-19-6-2-7-20-34)40-28-27-38-39-29-31-15-10-11-16-32(31)30-43(39)50-46(38)44(40)48(35-21-8-3-9-22-35)41-25-14-24-37-36-23-12-13-26-42(36)49-45(37)41/h1-30H. The molecule has 0 aliphatic carbocycles. The lowest BCUT2D eigenvalue weighted by Crippen LogP contribution is -2.17. The Morgan fingerprint density at radius 3 is 1.56 bits per heavy atom. The van der Waals surface area contributed by atoms with Gasteiger partial charge in [-0.1, -0.05) is 115 Å². The van der Waals surface area contributed by atoms with Gasteiger partial charge in [0.15, 0.2) is 0 Å². The van der Waals surface area contributed by atoms with Crippen LogP contribution in [-0.4, -0.2) is 0 Å². The zero-order chi connectivity index (χ0) is 33.0. The summed E-state index contributed by atoms with van der Waals surface area (Å²) in [5.74, 6) is 0. The fourth-order valence-electron chi connectivity index (χ4n) is 7.35. The second kappa shape index (κ2) is 11.9. The first-order valence-corrected chi connectivity index (χ1v) is 18.5. The van der Waals surface area contributed by atoms with Crippen molar-refractivity contribution >= 4 is 108 Å². The van der Waals surface area contributed by atoms with Crippen molar-refractivity contribution in [1.82, 2.24) is 0 Å². The first-order chi connectivity index (χ1) is 24.8. The van der Waals surface area contributed by atoms with E-state index in [0.29, 0.717) is 0 Å². The van der Waals surface area contributed by atoms with Crippen LogP contribution in [0.5, 0.6) is 0 Å². The van der Waals surface area contributed by atoms with Gasteiger partial charge in [-0.25, -0.2) is 0 Å². The van der Waals surface area contributed by atoms with Crippen LogP contribution < -0.4 is 9.80 Å². The monoisotopic (exact) mass is 674 g/mol. The third-order valence-corrected chi connectivity index (χ3v) is 12.0. The third kappa shape index (κ3) is 4.68. The minimum atomic E-state index is 1.11. The molecule has 0 aliphatic heterocycles. The van der Waals surface area contributed by atoms with Gasteiger partial charge in [-0.3, -0.25) is 0 Å². The molecule has 10 rings (SSSR count). The van der Waals surface area contributed by atoms with E-state index in [-0.39, 0.29) is 0 Å². The van der Waals surface area contributed by atoms with Gasteiger partial charge in [0.1, 0.15) is 0 Å². The lowest BCUT2D eigenvalue weighted by Gasteiger charge is -2.33. The molecule has 8 aromatic carbocycles. The van der Waals surface area contributed by atoms with E-state index in [1.807, 2.05) is 22.7 Å². The lowest BCUT2D eigenvalue weighted by molar-refractivity contribution is 1.25. The number of nitrogens with zero attached hydrogens (tertiary/aromatic N) is 2. The Balaban J connectivity index is 1.37. The summed E-state index contributed by atoms with van der Waals surface area (Å²) in [6.45, 7) is 0. The molecule has 0 N–H and O–H groups in total. The molecule has 0 bridgehead atoms. The van der Waals surface area contributed by atoms with Gasteiger partial charge < -0.3 is 9.80 Å². The smallest absolute Gasteiger partial charge is 0.0883 e. The summed E-state index contributed by atoms with van der Waals surface area (Å²) in [5, 5.41) is 7.65. The number of hydrogen-bond acceptors (Lipinski definition) is 4. The quantitative estimate of drug-likeness (QED) is 0.173. The Labute approximate surface area is 298 Å². The van der Waals surface area contributed by atoms with Gasteiger partial charge in [0.25, 0.3) is 0 Å². The second-order valence-electron chi connectivity index (χ2n) is 12.5. The van der Waals surface area contributed by atoms with E-state index in [0.717, 1.165) is 28.4 Å². The van der Waals surface area contributed by atoms with E-state index in [9.17, 15) is 0 Å². The summed E-state index contributed by atoms with van der Waals surface area (Å²) in [6, 6.07) is 66.1. The van der Waals surface area contributed by atoms with Crippen LogP contribution in [0.2, 0.25) is 0 Å². The Morgan fingerprint density at radius 1 is 0.320 bits per heavy atom. The van der Waals surface area contributed by atoms with E-state index in [4.69, 9.17) is 0 Å². The van der Waals surface area contributed by atoms with Crippen LogP contribution in [0.1, 0.15) is 0 Å². The lowest BCUT2D eigenvalue weighted by atomic mass is 10.0. The summed E-state index contributed by atoms with van der Waals surface area (Å²) in [7, 11) is 0. The van der Waals surface area contributed by atoms with Crippen molar-refractivity contribution in [1.29, 1.82) is 0 Å². The predicted octanol–water partition coefficient (Wildman–Crippen LogP) is 14.5. The van der Waals surface area contributed by atoms with Crippen LogP contribution in [0.15, 0.2) is 182 Å². The van der Waals surface area contributed by atoms with Crippen LogP contribution in [-0.2, 0) is 0 Å². The van der Waals surface area contributed by atoms with Crippen molar-refractivity contribution in [2.24, 2.45) is 0 Å². The van der Waals surface area contributed by atoms with E-state index >= 15 is 0 Å². The number of para-hydroxylation sites is 3. The molecular formula is C46H30N2S2. The average Bonchev–Trinajstić information content (AvgIpc) is 3.74. The first-order valence-electron chi connectivity index (χ1n) is 16.9. The summed E-state index contributed by atoms with van der Waals surface area (Å²) < 4.78 is 5.12. The highest BCUT2D eigenvalue weighted by atomic mass is 32.1. The van der Waals surface area contributed by atoms with Crippen LogP contribution in [0, 0.1) is 0 Å². The maximum absolute atomic E-state index is 2.52. The normalized spacial score (nSPS) is 11.6. The zero-order valence-electron chi connectivity index (χ0n) is 27.0. The van der Waals surface area contributed by atoms with Crippen molar-refractivity contribution in [3.8, 4) is 0 Å². The summed E-state index contributed by atoms with van der Waals surface area (Å²) in [5.41, 5.74) is 6.80. The highest BCUT2D eigenvalue weighted by molar-refractivity contribution is 7.27. The minimum Gasteiger partial charge on any atom is -0.308 e. The van der Waals surface area contributed by atoms with Crippen molar-refractivity contribution in [3.63, 3.8) is 0 Å². The summed E-state index contributed by atoms with van der Waals surface area (Å²) in [4.78, 5) is 4.93. The van der Waals surface area contributed by atoms with Crippen molar-refractivity contribution in [3.05, 3.63) is 182 Å². The SMILES string of the molecule is c1ccc(N(c2ccccc2)c2ccc3c(sc4cc5ccccc5cc43)c2N(c2ccccc2)c2cccc3c2sc2ccccc23)cc1. The Morgan fingerprint density at radius 2 is 0.860 bits per heavy atom. The molecule has 0 unspecified atom stereocenters.